The van der Waals surface area contributed by atoms with Gasteiger partial charge in [-0.2, -0.15) is 5.10 Å². The zero-order valence-corrected chi connectivity index (χ0v) is 16.4. The van der Waals surface area contributed by atoms with Crippen LogP contribution in [0.15, 0.2) is 41.3 Å². The maximum Gasteiger partial charge on any atom is 0.157 e. The quantitative estimate of drug-likeness (QED) is 0.787. The van der Waals surface area contributed by atoms with Gasteiger partial charge in [-0.15, -0.1) is 5.73 Å². The fourth-order valence-electron chi connectivity index (χ4n) is 4.49. The summed E-state index contributed by atoms with van der Waals surface area (Å²) < 4.78 is 2.30. The summed E-state index contributed by atoms with van der Waals surface area (Å²) in [6.07, 6.45) is 17.7. The van der Waals surface area contributed by atoms with Crippen LogP contribution in [0.3, 0.4) is 0 Å². The Bertz CT molecular complexity index is 846. The molecule has 2 heterocycles. The van der Waals surface area contributed by atoms with Gasteiger partial charge in [-0.25, -0.2) is 0 Å². The molecule has 1 atom stereocenters. The predicted molar refractivity (Wildman–Crippen MR) is 109 cm³/mol. The molecule has 0 aromatic carbocycles. The Morgan fingerprint density at radius 2 is 2.22 bits per heavy atom. The van der Waals surface area contributed by atoms with Crippen molar-refractivity contribution in [1.29, 1.82) is 0 Å². The number of nitrogens with one attached hydrogen (secondary N) is 1. The third-order valence-corrected chi connectivity index (χ3v) is 6.35. The van der Waals surface area contributed by atoms with Crippen LogP contribution < -0.4 is 5.32 Å². The van der Waals surface area contributed by atoms with Crippen molar-refractivity contribution in [2.24, 2.45) is 11.8 Å². The van der Waals surface area contributed by atoms with Gasteiger partial charge >= 0.3 is 0 Å². The van der Waals surface area contributed by atoms with Crippen molar-refractivity contribution in [2.45, 2.75) is 58.0 Å². The zero-order chi connectivity index (χ0) is 18.2. The summed E-state index contributed by atoms with van der Waals surface area (Å²) in [5.74, 6) is 2.45. The largest absolute Gasteiger partial charge is 0.339 e. The van der Waals surface area contributed by atoms with Gasteiger partial charge < -0.3 is 10.2 Å². The van der Waals surface area contributed by atoms with E-state index in [4.69, 9.17) is 5.10 Å². The lowest BCUT2D eigenvalue weighted by atomic mass is 9.87. The molecule has 4 nitrogen and oxygen atoms in total. The second kappa shape index (κ2) is 7.18. The van der Waals surface area contributed by atoms with Gasteiger partial charge in [0.2, 0.25) is 0 Å². The van der Waals surface area contributed by atoms with Crippen LogP contribution in [-0.4, -0.2) is 28.3 Å². The molecule has 142 valence electrons. The lowest BCUT2D eigenvalue weighted by molar-refractivity contribution is 0.307. The number of aromatic nitrogens is 2. The van der Waals surface area contributed by atoms with E-state index in [2.05, 4.69) is 52.0 Å². The molecule has 0 bridgehead atoms. The maximum atomic E-state index is 4.99. The number of anilines is 1. The van der Waals surface area contributed by atoms with Crippen molar-refractivity contribution >= 4 is 5.82 Å². The standard InChI is InChI=1S/C23H30N4/c1-26-14-13-22-21(16-26)23(25-27(22)15-17-7-8-17)24-20-11-9-19(10-12-20)18-5-3-2-4-6-18/h3,9,11-12,17,19H,2,4,6-8,10,13-16H2,1H3,(H,24,25). The first kappa shape index (κ1) is 17.1. The summed E-state index contributed by atoms with van der Waals surface area (Å²) in [6, 6.07) is 0. The van der Waals surface area contributed by atoms with Gasteiger partial charge in [0.05, 0.1) is 0 Å². The molecule has 0 amide bonds. The minimum Gasteiger partial charge on any atom is -0.339 e. The number of nitrogens with zero attached hydrogens (tertiary/aromatic N) is 3. The summed E-state index contributed by atoms with van der Waals surface area (Å²) in [4.78, 5) is 2.40. The van der Waals surface area contributed by atoms with Gasteiger partial charge in [-0.1, -0.05) is 12.2 Å². The highest BCUT2D eigenvalue weighted by Crippen LogP contribution is 2.34. The van der Waals surface area contributed by atoms with Gasteiger partial charge in [0.25, 0.3) is 0 Å². The Morgan fingerprint density at radius 1 is 1.30 bits per heavy atom. The molecular formula is C23H30N4. The number of hydrogen-bond acceptors (Lipinski definition) is 3. The molecule has 27 heavy (non-hydrogen) atoms. The van der Waals surface area contributed by atoms with E-state index in [1.165, 1.54) is 54.6 Å². The minimum absolute atomic E-state index is 0.527. The van der Waals surface area contributed by atoms with E-state index in [0.717, 1.165) is 44.2 Å². The number of fused-ring (bicyclic) bond motifs is 1. The molecule has 0 spiro atoms. The van der Waals surface area contributed by atoms with Gasteiger partial charge in [-0.05, 0) is 69.2 Å². The molecule has 1 saturated carbocycles. The van der Waals surface area contributed by atoms with Crippen LogP contribution >= 0.6 is 0 Å². The summed E-state index contributed by atoms with van der Waals surface area (Å²) in [7, 11) is 2.21. The van der Waals surface area contributed by atoms with Crippen molar-refractivity contribution in [3.63, 3.8) is 0 Å². The van der Waals surface area contributed by atoms with E-state index >= 15 is 0 Å². The van der Waals surface area contributed by atoms with Gasteiger partial charge in [-0.3, -0.25) is 4.68 Å². The average Bonchev–Trinajstić information content (AvgIpc) is 3.46. The maximum absolute atomic E-state index is 4.99. The number of likely N-dealkylation sites (N-methyl/N-ethyl adjacent to an activating group) is 1. The second-order valence-corrected chi connectivity index (χ2v) is 8.64. The van der Waals surface area contributed by atoms with E-state index in [0.29, 0.717) is 5.92 Å². The van der Waals surface area contributed by atoms with Gasteiger partial charge in [0.15, 0.2) is 5.82 Å². The van der Waals surface area contributed by atoms with Crippen LogP contribution in [0.5, 0.6) is 0 Å². The normalized spacial score (nSPS) is 25.1. The van der Waals surface area contributed by atoms with Crippen molar-refractivity contribution < 1.29 is 0 Å². The first-order valence-electron chi connectivity index (χ1n) is 10.6. The van der Waals surface area contributed by atoms with Crippen LogP contribution in [0.25, 0.3) is 0 Å². The monoisotopic (exact) mass is 362 g/mol. The van der Waals surface area contributed by atoms with Crippen LogP contribution in [0.1, 0.15) is 49.8 Å². The number of rotatable bonds is 5. The van der Waals surface area contributed by atoms with Crippen molar-refractivity contribution in [3.05, 3.63) is 52.6 Å². The van der Waals surface area contributed by atoms with Gasteiger partial charge in [0, 0.05) is 48.9 Å². The zero-order valence-electron chi connectivity index (χ0n) is 16.4. The van der Waals surface area contributed by atoms with Crippen molar-refractivity contribution in [3.8, 4) is 0 Å². The first-order chi connectivity index (χ1) is 13.3. The first-order valence-corrected chi connectivity index (χ1v) is 10.6. The van der Waals surface area contributed by atoms with Crippen molar-refractivity contribution in [2.75, 3.05) is 18.9 Å². The highest BCUT2D eigenvalue weighted by molar-refractivity contribution is 5.54. The summed E-state index contributed by atoms with van der Waals surface area (Å²) in [6.45, 7) is 3.24. The fraction of sp³-hybridized carbons (Fsp3) is 0.565. The Kier molecular flexibility index (Phi) is 4.55. The van der Waals surface area contributed by atoms with E-state index < -0.39 is 0 Å². The van der Waals surface area contributed by atoms with Crippen LogP contribution in [0, 0.1) is 11.8 Å². The van der Waals surface area contributed by atoms with E-state index in [1.807, 2.05) is 0 Å². The molecule has 5 rings (SSSR count). The Hall–Kier alpha value is -2.03. The van der Waals surface area contributed by atoms with Crippen LogP contribution in [0.4, 0.5) is 5.82 Å². The fourth-order valence-corrected chi connectivity index (χ4v) is 4.49. The molecule has 4 heteroatoms. The predicted octanol–water partition coefficient (Wildman–Crippen LogP) is 4.42. The Labute approximate surface area is 162 Å². The lowest BCUT2D eigenvalue weighted by Gasteiger charge is -2.24. The third-order valence-electron chi connectivity index (χ3n) is 6.35. The number of allylic oxidation sites excluding steroid dienone is 4. The molecule has 0 radical (unpaired) electrons. The molecule has 1 aromatic rings. The molecule has 1 fully saturated rings. The minimum atomic E-state index is 0.527. The van der Waals surface area contributed by atoms with Gasteiger partial charge in [0.1, 0.15) is 0 Å². The lowest BCUT2D eigenvalue weighted by Crippen LogP contribution is -2.27. The molecule has 3 aliphatic carbocycles. The van der Waals surface area contributed by atoms with Crippen LogP contribution in [0.2, 0.25) is 0 Å². The molecule has 1 N–H and O–H groups in total. The third kappa shape index (κ3) is 3.69. The molecular weight excluding hydrogens is 332 g/mol. The summed E-state index contributed by atoms with van der Waals surface area (Å²) in [5, 5.41) is 8.64. The average molecular weight is 363 g/mol. The van der Waals surface area contributed by atoms with E-state index in [9.17, 15) is 0 Å². The molecule has 1 aliphatic heterocycles. The van der Waals surface area contributed by atoms with E-state index in [1.54, 1.807) is 0 Å². The van der Waals surface area contributed by atoms with Crippen LogP contribution in [-0.2, 0) is 19.5 Å². The Balaban J connectivity index is 1.33. The highest BCUT2D eigenvalue weighted by Gasteiger charge is 2.28. The molecule has 1 aromatic heterocycles. The molecule has 1 unspecified atom stereocenters. The summed E-state index contributed by atoms with van der Waals surface area (Å²) >= 11 is 0. The van der Waals surface area contributed by atoms with Crippen molar-refractivity contribution in [1.82, 2.24) is 14.7 Å². The number of hydrogen-bond donors (Lipinski definition) is 1. The Morgan fingerprint density at radius 3 is 2.96 bits per heavy atom. The van der Waals surface area contributed by atoms with E-state index in [-0.39, 0.29) is 0 Å². The topological polar surface area (TPSA) is 33.1 Å². The smallest absolute Gasteiger partial charge is 0.157 e. The molecule has 4 aliphatic rings. The summed E-state index contributed by atoms with van der Waals surface area (Å²) in [5.41, 5.74) is 9.02. The molecule has 0 saturated heterocycles. The second-order valence-electron chi connectivity index (χ2n) is 8.64. The SMILES string of the molecule is CN1CCc2c(c(NC3=CCC(C4=C=CCCC4)C=C3)nn2CC2CC2)C1. The highest BCUT2D eigenvalue weighted by atomic mass is 15.3.